The first-order valence-electron chi connectivity index (χ1n) is 9.50. The SMILES string of the molecule is CC1(N)CCCCC1C(=O)N1CCCN(Cc2ccc(F)cc2)CC1.Cl.Cl. The summed E-state index contributed by atoms with van der Waals surface area (Å²) < 4.78 is 13.0. The third-order valence-corrected chi connectivity index (χ3v) is 5.77. The molecule has 7 heteroatoms. The minimum absolute atomic E-state index is 0. The third kappa shape index (κ3) is 6.31. The van der Waals surface area contributed by atoms with Crippen molar-refractivity contribution in [3.63, 3.8) is 0 Å². The van der Waals surface area contributed by atoms with E-state index in [0.717, 1.165) is 70.4 Å². The molecule has 0 bridgehead atoms. The molecule has 27 heavy (non-hydrogen) atoms. The van der Waals surface area contributed by atoms with Gasteiger partial charge in [-0.3, -0.25) is 9.69 Å². The molecule has 1 aromatic rings. The molecule has 1 aliphatic carbocycles. The Hall–Kier alpha value is -0.880. The van der Waals surface area contributed by atoms with Gasteiger partial charge in [-0.25, -0.2) is 4.39 Å². The van der Waals surface area contributed by atoms with Gasteiger partial charge < -0.3 is 10.6 Å². The molecule has 1 saturated carbocycles. The van der Waals surface area contributed by atoms with Crippen LogP contribution in [0, 0.1) is 11.7 Å². The molecule has 1 aliphatic heterocycles. The van der Waals surface area contributed by atoms with E-state index in [1.54, 1.807) is 0 Å². The maximum absolute atomic E-state index is 13.0. The van der Waals surface area contributed by atoms with Crippen molar-refractivity contribution in [2.75, 3.05) is 26.2 Å². The number of benzene rings is 1. The number of amides is 1. The Morgan fingerprint density at radius 1 is 1.11 bits per heavy atom. The van der Waals surface area contributed by atoms with Crippen LogP contribution in [-0.2, 0) is 11.3 Å². The fraction of sp³-hybridized carbons (Fsp3) is 0.650. The number of nitrogens with zero attached hydrogens (tertiary/aromatic N) is 2. The molecule has 2 atom stereocenters. The van der Waals surface area contributed by atoms with Crippen LogP contribution in [0.25, 0.3) is 0 Å². The molecule has 2 N–H and O–H groups in total. The molecular formula is C20H32Cl2FN3O. The Labute approximate surface area is 174 Å². The number of hydrogen-bond acceptors (Lipinski definition) is 3. The molecule has 1 aromatic carbocycles. The highest BCUT2D eigenvalue weighted by Crippen LogP contribution is 2.33. The van der Waals surface area contributed by atoms with Gasteiger partial charge in [-0.2, -0.15) is 0 Å². The van der Waals surface area contributed by atoms with Crippen molar-refractivity contribution in [2.45, 2.75) is 51.1 Å². The molecule has 1 amide bonds. The first-order valence-corrected chi connectivity index (χ1v) is 9.50. The topological polar surface area (TPSA) is 49.6 Å². The number of nitrogens with two attached hydrogens (primary N) is 1. The quantitative estimate of drug-likeness (QED) is 0.813. The van der Waals surface area contributed by atoms with E-state index in [0.29, 0.717) is 0 Å². The van der Waals surface area contributed by atoms with Crippen LogP contribution in [0.2, 0.25) is 0 Å². The van der Waals surface area contributed by atoms with E-state index < -0.39 is 0 Å². The Kier molecular flexibility index (Phi) is 9.49. The van der Waals surface area contributed by atoms with Crippen LogP contribution in [0.15, 0.2) is 24.3 Å². The smallest absolute Gasteiger partial charge is 0.227 e. The molecule has 1 heterocycles. The second-order valence-corrected chi connectivity index (χ2v) is 7.89. The largest absolute Gasteiger partial charge is 0.341 e. The van der Waals surface area contributed by atoms with Crippen LogP contribution in [-0.4, -0.2) is 47.4 Å². The Balaban J connectivity index is 0.00000182. The predicted octanol–water partition coefficient (Wildman–Crippen LogP) is 3.61. The predicted molar refractivity (Wildman–Crippen MR) is 112 cm³/mol. The van der Waals surface area contributed by atoms with Crippen LogP contribution in [0.3, 0.4) is 0 Å². The molecule has 0 spiro atoms. The Bertz CT molecular complexity index is 597. The minimum atomic E-state index is -0.366. The zero-order valence-corrected chi connectivity index (χ0v) is 17.7. The van der Waals surface area contributed by atoms with Gasteiger partial charge in [0.15, 0.2) is 0 Å². The number of carbonyl (C=O) groups excluding carboxylic acids is 1. The summed E-state index contributed by atoms with van der Waals surface area (Å²) in [4.78, 5) is 17.4. The summed E-state index contributed by atoms with van der Waals surface area (Å²) in [5.41, 5.74) is 7.17. The molecule has 4 nitrogen and oxygen atoms in total. The number of hydrogen-bond donors (Lipinski definition) is 1. The van der Waals surface area contributed by atoms with Crippen LogP contribution in [0.5, 0.6) is 0 Å². The zero-order valence-electron chi connectivity index (χ0n) is 16.0. The van der Waals surface area contributed by atoms with E-state index in [9.17, 15) is 9.18 Å². The molecule has 2 aliphatic rings. The lowest BCUT2D eigenvalue weighted by Crippen LogP contribution is -2.54. The molecule has 0 radical (unpaired) electrons. The van der Waals surface area contributed by atoms with Crippen LogP contribution < -0.4 is 5.73 Å². The highest BCUT2D eigenvalue weighted by molar-refractivity contribution is 5.85. The highest BCUT2D eigenvalue weighted by atomic mass is 35.5. The van der Waals surface area contributed by atoms with Crippen molar-refractivity contribution in [2.24, 2.45) is 11.7 Å². The van der Waals surface area contributed by atoms with E-state index in [1.165, 1.54) is 12.1 Å². The van der Waals surface area contributed by atoms with Crippen molar-refractivity contribution in [3.8, 4) is 0 Å². The summed E-state index contributed by atoms with van der Waals surface area (Å²) in [7, 11) is 0. The maximum atomic E-state index is 13.0. The van der Waals surface area contributed by atoms with Crippen molar-refractivity contribution >= 4 is 30.7 Å². The summed E-state index contributed by atoms with van der Waals surface area (Å²) in [5.74, 6) is 0.00642. The van der Waals surface area contributed by atoms with Gasteiger partial charge in [0, 0.05) is 38.3 Å². The highest BCUT2D eigenvalue weighted by Gasteiger charge is 2.39. The Morgan fingerprint density at radius 2 is 1.81 bits per heavy atom. The van der Waals surface area contributed by atoms with Gasteiger partial charge in [0.2, 0.25) is 5.91 Å². The van der Waals surface area contributed by atoms with E-state index in [1.807, 2.05) is 24.0 Å². The third-order valence-electron chi connectivity index (χ3n) is 5.77. The average molecular weight is 420 g/mol. The molecule has 1 saturated heterocycles. The standard InChI is InChI=1S/C20H30FN3O.2ClH/c1-20(22)10-3-2-5-18(20)19(25)24-12-4-11-23(13-14-24)15-16-6-8-17(21)9-7-16;;/h6-9,18H,2-5,10-15,22H2,1H3;2*1H. The fourth-order valence-electron chi connectivity index (χ4n) is 4.18. The zero-order chi connectivity index (χ0) is 17.9. The van der Waals surface area contributed by atoms with Gasteiger partial charge in [0.25, 0.3) is 0 Å². The minimum Gasteiger partial charge on any atom is -0.341 e. The average Bonchev–Trinajstić information content (AvgIpc) is 2.82. The van der Waals surface area contributed by atoms with E-state index >= 15 is 0 Å². The number of halogens is 3. The fourth-order valence-corrected chi connectivity index (χ4v) is 4.18. The van der Waals surface area contributed by atoms with Crippen molar-refractivity contribution in [3.05, 3.63) is 35.6 Å². The maximum Gasteiger partial charge on any atom is 0.227 e. The summed E-state index contributed by atoms with van der Waals surface area (Å²) in [6.07, 6.45) is 5.06. The second kappa shape index (κ2) is 10.6. The lowest BCUT2D eigenvalue weighted by molar-refractivity contribution is -0.138. The van der Waals surface area contributed by atoms with Crippen LogP contribution in [0.1, 0.15) is 44.6 Å². The van der Waals surface area contributed by atoms with Crippen molar-refractivity contribution < 1.29 is 9.18 Å². The van der Waals surface area contributed by atoms with Gasteiger partial charge in [0.1, 0.15) is 5.82 Å². The number of rotatable bonds is 3. The van der Waals surface area contributed by atoms with Crippen molar-refractivity contribution in [1.29, 1.82) is 0 Å². The van der Waals surface area contributed by atoms with Crippen LogP contribution >= 0.6 is 24.8 Å². The summed E-state index contributed by atoms with van der Waals surface area (Å²) in [5, 5.41) is 0. The Morgan fingerprint density at radius 3 is 2.48 bits per heavy atom. The summed E-state index contributed by atoms with van der Waals surface area (Å²) >= 11 is 0. The normalized spacial score (nSPS) is 26.5. The molecule has 0 aromatic heterocycles. The lowest BCUT2D eigenvalue weighted by atomic mass is 9.74. The van der Waals surface area contributed by atoms with Gasteiger partial charge >= 0.3 is 0 Å². The van der Waals surface area contributed by atoms with E-state index in [-0.39, 0.29) is 48.0 Å². The van der Waals surface area contributed by atoms with Gasteiger partial charge in [-0.1, -0.05) is 25.0 Å². The second-order valence-electron chi connectivity index (χ2n) is 7.89. The van der Waals surface area contributed by atoms with Crippen LogP contribution in [0.4, 0.5) is 4.39 Å². The molecular weight excluding hydrogens is 388 g/mol. The molecule has 2 fully saturated rings. The lowest BCUT2D eigenvalue weighted by Gasteiger charge is -2.39. The van der Waals surface area contributed by atoms with Gasteiger partial charge in [-0.15, -0.1) is 24.8 Å². The molecule has 2 unspecified atom stereocenters. The van der Waals surface area contributed by atoms with E-state index in [4.69, 9.17) is 5.73 Å². The first kappa shape index (κ1) is 24.2. The van der Waals surface area contributed by atoms with E-state index in [2.05, 4.69) is 4.90 Å². The molecule has 3 rings (SSSR count). The first-order chi connectivity index (χ1) is 12.0. The molecule has 154 valence electrons. The van der Waals surface area contributed by atoms with Gasteiger partial charge in [0.05, 0.1) is 5.92 Å². The monoisotopic (exact) mass is 419 g/mol. The summed E-state index contributed by atoms with van der Waals surface area (Å²) in [6.45, 7) is 6.23. The van der Waals surface area contributed by atoms with Gasteiger partial charge in [-0.05, 0) is 43.9 Å². The number of carbonyl (C=O) groups is 1. The van der Waals surface area contributed by atoms with Crippen molar-refractivity contribution in [1.82, 2.24) is 9.80 Å². The summed E-state index contributed by atoms with van der Waals surface area (Å²) in [6, 6.07) is 6.69.